The quantitative estimate of drug-likeness (QED) is 0.872. The fraction of sp³-hybridized carbons (Fsp3) is 0.154. The second-order valence-corrected chi connectivity index (χ2v) is 7.35. The van der Waals surface area contributed by atoms with Gasteiger partial charge in [-0.05, 0) is 35.6 Å². The fourth-order valence-electron chi connectivity index (χ4n) is 1.77. The maximum absolute atomic E-state index is 12.3. The number of halogens is 1. The van der Waals surface area contributed by atoms with E-state index in [4.69, 9.17) is 16.7 Å². The molecule has 0 spiro atoms. The van der Waals surface area contributed by atoms with Crippen molar-refractivity contribution in [1.29, 1.82) is 0 Å². The standard InChI is InChI=1S/C13H12ClNO4S2/c1-8-7-20-11(13(16)17)12(8)21(18,19)15-6-9-2-4-10(14)5-3-9/h2-5,7,15H,6H2,1H3,(H,16,17). The lowest BCUT2D eigenvalue weighted by molar-refractivity contribution is 0.0698. The highest BCUT2D eigenvalue weighted by molar-refractivity contribution is 7.89. The van der Waals surface area contributed by atoms with E-state index in [0.29, 0.717) is 10.6 Å². The number of carboxylic acid groups (broad SMARTS) is 1. The minimum atomic E-state index is -3.89. The van der Waals surface area contributed by atoms with Crippen molar-refractivity contribution in [1.82, 2.24) is 4.72 Å². The minimum absolute atomic E-state index is 0.0633. The summed E-state index contributed by atoms with van der Waals surface area (Å²) in [5, 5.41) is 11.1. The lowest BCUT2D eigenvalue weighted by atomic mass is 10.2. The van der Waals surface area contributed by atoms with Crippen LogP contribution in [0.3, 0.4) is 0 Å². The van der Waals surface area contributed by atoms with E-state index in [1.54, 1.807) is 31.2 Å². The molecule has 0 amide bonds. The minimum Gasteiger partial charge on any atom is -0.477 e. The SMILES string of the molecule is Cc1csc(C(=O)O)c1S(=O)(=O)NCc1ccc(Cl)cc1. The predicted molar refractivity (Wildman–Crippen MR) is 81.5 cm³/mol. The van der Waals surface area contributed by atoms with Crippen molar-refractivity contribution < 1.29 is 18.3 Å². The maximum atomic E-state index is 12.3. The number of carbonyl (C=O) groups is 1. The molecule has 8 heteroatoms. The molecule has 2 aromatic rings. The largest absolute Gasteiger partial charge is 0.477 e. The van der Waals surface area contributed by atoms with Crippen LogP contribution in [0.5, 0.6) is 0 Å². The smallest absolute Gasteiger partial charge is 0.347 e. The molecule has 112 valence electrons. The van der Waals surface area contributed by atoms with Crippen LogP contribution in [0.4, 0.5) is 0 Å². The highest BCUT2D eigenvalue weighted by Crippen LogP contribution is 2.26. The number of rotatable bonds is 5. The highest BCUT2D eigenvalue weighted by atomic mass is 35.5. The molecule has 0 unspecified atom stereocenters. The lowest BCUT2D eigenvalue weighted by Gasteiger charge is -2.08. The number of benzene rings is 1. The highest BCUT2D eigenvalue weighted by Gasteiger charge is 2.26. The molecule has 0 radical (unpaired) electrons. The molecule has 2 N–H and O–H groups in total. The summed E-state index contributed by atoms with van der Waals surface area (Å²) in [6, 6.07) is 6.71. The first-order valence-corrected chi connectivity index (χ1v) is 8.61. The molecular weight excluding hydrogens is 334 g/mol. The zero-order chi connectivity index (χ0) is 15.6. The number of nitrogens with one attached hydrogen (secondary N) is 1. The topological polar surface area (TPSA) is 83.5 Å². The van der Waals surface area contributed by atoms with Gasteiger partial charge in [0.1, 0.15) is 9.77 Å². The summed E-state index contributed by atoms with van der Waals surface area (Å²) in [5.41, 5.74) is 1.15. The Hall–Kier alpha value is -1.41. The number of hydrogen-bond donors (Lipinski definition) is 2. The Kier molecular flexibility index (Phi) is 4.67. The van der Waals surface area contributed by atoms with Crippen LogP contribution in [0.15, 0.2) is 34.5 Å². The second kappa shape index (κ2) is 6.15. The van der Waals surface area contributed by atoms with Crippen molar-refractivity contribution in [3.05, 3.63) is 50.7 Å². The average Bonchev–Trinajstić information content (AvgIpc) is 2.81. The summed E-state index contributed by atoms with van der Waals surface area (Å²) in [5.74, 6) is -1.25. The van der Waals surface area contributed by atoms with E-state index >= 15 is 0 Å². The van der Waals surface area contributed by atoms with Crippen LogP contribution < -0.4 is 4.72 Å². The first-order chi connectivity index (χ1) is 9.81. The van der Waals surface area contributed by atoms with Crippen LogP contribution >= 0.6 is 22.9 Å². The average molecular weight is 346 g/mol. The van der Waals surface area contributed by atoms with Gasteiger partial charge in [-0.2, -0.15) is 0 Å². The first kappa shape index (κ1) is 16.0. The van der Waals surface area contributed by atoms with E-state index in [2.05, 4.69) is 4.72 Å². The van der Waals surface area contributed by atoms with Crippen molar-refractivity contribution in [2.24, 2.45) is 0 Å². The molecule has 0 fully saturated rings. The van der Waals surface area contributed by atoms with Gasteiger partial charge in [0.2, 0.25) is 10.0 Å². The van der Waals surface area contributed by atoms with Crippen molar-refractivity contribution in [2.45, 2.75) is 18.4 Å². The van der Waals surface area contributed by atoms with Gasteiger partial charge in [-0.3, -0.25) is 0 Å². The third kappa shape index (κ3) is 3.62. The van der Waals surface area contributed by atoms with Crippen molar-refractivity contribution >= 4 is 38.9 Å². The Morgan fingerprint density at radius 2 is 1.95 bits per heavy atom. The van der Waals surface area contributed by atoms with Crippen LogP contribution in [-0.2, 0) is 16.6 Å². The Morgan fingerprint density at radius 3 is 2.52 bits per heavy atom. The van der Waals surface area contributed by atoms with Crippen molar-refractivity contribution in [2.75, 3.05) is 0 Å². The molecule has 0 aliphatic rings. The summed E-state index contributed by atoms with van der Waals surface area (Å²) in [4.78, 5) is 10.7. The molecule has 0 saturated carbocycles. The van der Waals surface area contributed by atoms with E-state index in [-0.39, 0.29) is 16.3 Å². The Labute approximate surface area is 131 Å². The van der Waals surface area contributed by atoms with Gasteiger partial charge < -0.3 is 5.11 Å². The molecule has 0 atom stereocenters. The van der Waals surface area contributed by atoms with E-state index in [9.17, 15) is 13.2 Å². The summed E-state index contributed by atoms with van der Waals surface area (Å²) in [7, 11) is -3.89. The van der Waals surface area contributed by atoms with E-state index in [1.165, 1.54) is 5.38 Å². The number of aryl methyl sites for hydroxylation is 1. The van der Waals surface area contributed by atoms with Gasteiger partial charge in [0.05, 0.1) is 0 Å². The van der Waals surface area contributed by atoms with Crippen LogP contribution in [0.25, 0.3) is 0 Å². The van der Waals surface area contributed by atoms with Gasteiger partial charge in [-0.25, -0.2) is 17.9 Å². The van der Waals surface area contributed by atoms with Gasteiger partial charge in [-0.15, -0.1) is 11.3 Å². The van der Waals surface area contributed by atoms with Crippen LogP contribution in [-0.4, -0.2) is 19.5 Å². The number of sulfonamides is 1. The van der Waals surface area contributed by atoms with Crippen molar-refractivity contribution in [3.8, 4) is 0 Å². The molecule has 21 heavy (non-hydrogen) atoms. The molecule has 0 aliphatic carbocycles. The molecule has 1 aromatic carbocycles. The summed E-state index contributed by atoms with van der Waals surface area (Å²) in [6.45, 7) is 1.63. The molecule has 1 heterocycles. The zero-order valence-corrected chi connectivity index (χ0v) is 13.3. The van der Waals surface area contributed by atoms with E-state index in [1.807, 2.05) is 0 Å². The zero-order valence-electron chi connectivity index (χ0n) is 11.0. The summed E-state index contributed by atoms with van der Waals surface area (Å²) < 4.78 is 27.0. The Morgan fingerprint density at radius 1 is 1.33 bits per heavy atom. The first-order valence-electron chi connectivity index (χ1n) is 5.87. The van der Waals surface area contributed by atoms with Crippen molar-refractivity contribution in [3.63, 3.8) is 0 Å². The third-order valence-corrected chi connectivity index (χ3v) is 5.82. The normalized spacial score (nSPS) is 11.5. The second-order valence-electron chi connectivity index (χ2n) is 4.33. The molecule has 0 bridgehead atoms. The summed E-state index contributed by atoms with van der Waals surface area (Å²) in [6.07, 6.45) is 0. The van der Waals surface area contributed by atoms with E-state index in [0.717, 1.165) is 16.9 Å². The molecule has 5 nitrogen and oxygen atoms in total. The molecule has 1 aromatic heterocycles. The van der Waals surface area contributed by atoms with Crippen LogP contribution in [0.1, 0.15) is 20.8 Å². The molecule has 0 saturated heterocycles. The molecule has 0 aliphatic heterocycles. The van der Waals surface area contributed by atoms with Crippen LogP contribution in [0.2, 0.25) is 5.02 Å². The molecule has 2 rings (SSSR count). The van der Waals surface area contributed by atoms with E-state index < -0.39 is 16.0 Å². The number of hydrogen-bond acceptors (Lipinski definition) is 4. The monoisotopic (exact) mass is 345 g/mol. The Bertz CT molecular complexity index is 766. The predicted octanol–water partition coefficient (Wildman–Crippen LogP) is 2.89. The number of carboxylic acids is 1. The van der Waals surface area contributed by atoms with Gasteiger partial charge in [0.15, 0.2) is 0 Å². The number of thiophene rings is 1. The van der Waals surface area contributed by atoms with Gasteiger partial charge in [0.25, 0.3) is 0 Å². The summed E-state index contributed by atoms with van der Waals surface area (Å²) >= 11 is 6.66. The Balaban J connectivity index is 2.25. The van der Waals surface area contributed by atoms with Gasteiger partial charge >= 0.3 is 5.97 Å². The maximum Gasteiger partial charge on any atom is 0.347 e. The third-order valence-electron chi connectivity index (χ3n) is 2.76. The fourth-order valence-corrected chi connectivity index (χ4v) is 4.54. The lowest BCUT2D eigenvalue weighted by Crippen LogP contribution is -2.25. The molecular formula is C13H12ClNO4S2. The van der Waals surface area contributed by atoms with Crippen LogP contribution in [0, 0.1) is 6.92 Å². The number of aromatic carboxylic acids is 1. The van der Waals surface area contributed by atoms with Gasteiger partial charge in [-0.1, -0.05) is 23.7 Å². The van der Waals surface area contributed by atoms with Gasteiger partial charge in [0, 0.05) is 11.6 Å².